The van der Waals surface area contributed by atoms with Gasteiger partial charge < -0.3 is 10.4 Å². The quantitative estimate of drug-likeness (QED) is 0.443. The van der Waals surface area contributed by atoms with Crippen LogP contribution in [0.15, 0.2) is 23.4 Å². The largest absolute Gasteiger partial charge is 0.480 e. The Kier molecular flexibility index (Phi) is 9.94. The molecule has 2 N–H and O–H groups in total. The molecule has 7 nitrogen and oxygen atoms in total. The highest BCUT2D eigenvalue weighted by molar-refractivity contribution is 7.99. The Morgan fingerprint density at radius 3 is 2.63 bits per heavy atom. The van der Waals surface area contributed by atoms with Crippen LogP contribution in [0.4, 0.5) is 0 Å². The van der Waals surface area contributed by atoms with E-state index in [1.54, 1.807) is 16.7 Å². The van der Waals surface area contributed by atoms with E-state index in [1.807, 2.05) is 13.0 Å². The highest BCUT2D eigenvalue weighted by atomic mass is 35.5. The molecule has 1 aromatic heterocycles. The first kappa shape index (κ1) is 24.5. The van der Waals surface area contributed by atoms with E-state index in [9.17, 15) is 9.59 Å². The first-order valence-corrected chi connectivity index (χ1v) is 11.6. The molecule has 0 radical (unpaired) electrons. The number of amides is 1. The van der Waals surface area contributed by atoms with Crippen LogP contribution in [0.3, 0.4) is 0 Å². The summed E-state index contributed by atoms with van der Waals surface area (Å²) in [5, 5.41) is 21.8. The molecule has 0 aliphatic rings. The number of carboxylic acid groups (broad SMARTS) is 1. The molecular weight excluding hydrogens is 447 g/mol. The van der Waals surface area contributed by atoms with Crippen LogP contribution in [-0.4, -0.2) is 44.0 Å². The second kappa shape index (κ2) is 12.2. The van der Waals surface area contributed by atoms with Crippen molar-refractivity contribution in [2.45, 2.75) is 57.1 Å². The summed E-state index contributed by atoms with van der Waals surface area (Å²) in [5.74, 6) is -0.311. The number of nitrogens with one attached hydrogen (secondary N) is 1. The molecule has 164 valence electrons. The summed E-state index contributed by atoms with van der Waals surface area (Å²) in [6.07, 6.45) is 3.29. The summed E-state index contributed by atoms with van der Waals surface area (Å²) in [6, 6.07) is 5.41. The number of aryl methyl sites for hydroxylation is 1. The van der Waals surface area contributed by atoms with E-state index in [0.717, 1.165) is 24.8 Å². The maximum absolute atomic E-state index is 12.4. The van der Waals surface area contributed by atoms with Crippen LogP contribution in [-0.2, 0) is 22.6 Å². The van der Waals surface area contributed by atoms with E-state index < -0.39 is 5.97 Å². The minimum absolute atomic E-state index is 0.0838. The standard InChI is InChI=1S/C20H26Cl2N4O3S/c1-3-5-13(15-8-7-14(21)9-16(15)22)10-23-18(27)12-30-20-25-24-17(6-4-2)26(20)11-19(28)29/h7-9,13H,3-6,10-12H2,1-2H3,(H,23,27)(H,28,29)/t13-/m1/s1. The Morgan fingerprint density at radius 1 is 1.23 bits per heavy atom. The van der Waals surface area contributed by atoms with Crippen molar-refractivity contribution >= 4 is 46.8 Å². The van der Waals surface area contributed by atoms with Gasteiger partial charge in [-0.05, 0) is 30.5 Å². The number of benzene rings is 1. The average Bonchev–Trinajstić information content (AvgIpc) is 3.05. The maximum Gasteiger partial charge on any atom is 0.323 e. The minimum Gasteiger partial charge on any atom is -0.480 e. The van der Waals surface area contributed by atoms with Gasteiger partial charge in [-0.1, -0.05) is 61.3 Å². The topological polar surface area (TPSA) is 97.1 Å². The molecule has 0 unspecified atom stereocenters. The van der Waals surface area contributed by atoms with Crippen LogP contribution in [0.1, 0.15) is 50.4 Å². The summed E-state index contributed by atoms with van der Waals surface area (Å²) < 4.78 is 1.55. The monoisotopic (exact) mass is 472 g/mol. The van der Waals surface area contributed by atoms with Gasteiger partial charge in [0.1, 0.15) is 12.4 Å². The molecule has 2 rings (SSSR count). The van der Waals surface area contributed by atoms with Crippen molar-refractivity contribution in [2.75, 3.05) is 12.3 Å². The summed E-state index contributed by atoms with van der Waals surface area (Å²) in [5.41, 5.74) is 0.960. The van der Waals surface area contributed by atoms with Crippen LogP contribution in [0.25, 0.3) is 0 Å². The molecule has 1 amide bonds. The lowest BCUT2D eigenvalue weighted by Crippen LogP contribution is -2.30. The maximum atomic E-state index is 12.4. The summed E-state index contributed by atoms with van der Waals surface area (Å²) >= 11 is 13.5. The molecule has 1 aromatic carbocycles. The zero-order valence-corrected chi connectivity index (χ0v) is 19.4. The van der Waals surface area contributed by atoms with Crippen LogP contribution < -0.4 is 5.32 Å². The number of nitrogens with zero attached hydrogens (tertiary/aromatic N) is 3. The van der Waals surface area contributed by atoms with Gasteiger partial charge >= 0.3 is 5.97 Å². The van der Waals surface area contributed by atoms with Crippen molar-refractivity contribution in [1.82, 2.24) is 20.1 Å². The summed E-state index contributed by atoms with van der Waals surface area (Å²) in [4.78, 5) is 23.6. The summed E-state index contributed by atoms with van der Waals surface area (Å²) in [6.45, 7) is 4.30. The highest BCUT2D eigenvalue weighted by Gasteiger charge is 2.18. The third-order valence-electron chi connectivity index (χ3n) is 4.48. The van der Waals surface area contributed by atoms with E-state index in [2.05, 4.69) is 22.4 Å². The third kappa shape index (κ3) is 7.18. The van der Waals surface area contributed by atoms with Gasteiger partial charge in [0.05, 0.1) is 5.75 Å². The number of carbonyl (C=O) groups is 2. The number of thioether (sulfide) groups is 1. The number of aliphatic carboxylic acids is 1. The normalized spacial score (nSPS) is 12.0. The number of carbonyl (C=O) groups excluding carboxylic acids is 1. The summed E-state index contributed by atoms with van der Waals surface area (Å²) in [7, 11) is 0. The number of halogens is 2. The molecule has 30 heavy (non-hydrogen) atoms. The van der Waals surface area contributed by atoms with Gasteiger partial charge in [-0.2, -0.15) is 0 Å². The lowest BCUT2D eigenvalue weighted by Gasteiger charge is -2.19. The second-order valence-electron chi connectivity index (χ2n) is 6.87. The van der Waals surface area contributed by atoms with Gasteiger partial charge in [-0.15, -0.1) is 10.2 Å². The van der Waals surface area contributed by atoms with Crippen molar-refractivity contribution in [1.29, 1.82) is 0 Å². The Bertz CT molecular complexity index is 876. The molecule has 0 bridgehead atoms. The number of rotatable bonds is 12. The van der Waals surface area contributed by atoms with E-state index in [0.29, 0.717) is 34.0 Å². The Labute approximate surface area is 190 Å². The van der Waals surface area contributed by atoms with Crippen molar-refractivity contribution in [3.63, 3.8) is 0 Å². The van der Waals surface area contributed by atoms with E-state index in [-0.39, 0.29) is 24.1 Å². The van der Waals surface area contributed by atoms with Gasteiger partial charge in [0.25, 0.3) is 0 Å². The van der Waals surface area contributed by atoms with Crippen LogP contribution >= 0.6 is 35.0 Å². The van der Waals surface area contributed by atoms with Crippen molar-refractivity contribution in [2.24, 2.45) is 0 Å². The number of hydrogen-bond acceptors (Lipinski definition) is 5. The van der Waals surface area contributed by atoms with Gasteiger partial charge in [-0.25, -0.2) is 0 Å². The van der Waals surface area contributed by atoms with E-state index in [1.165, 1.54) is 11.8 Å². The van der Waals surface area contributed by atoms with Crippen molar-refractivity contribution < 1.29 is 14.7 Å². The van der Waals surface area contributed by atoms with Crippen molar-refractivity contribution in [3.8, 4) is 0 Å². The Morgan fingerprint density at radius 2 is 2.00 bits per heavy atom. The zero-order chi connectivity index (χ0) is 22.1. The smallest absolute Gasteiger partial charge is 0.323 e. The Balaban J connectivity index is 1.97. The zero-order valence-electron chi connectivity index (χ0n) is 17.0. The predicted molar refractivity (Wildman–Crippen MR) is 119 cm³/mol. The molecule has 0 aliphatic carbocycles. The number of carboxylic acids is 1. The first-order valence-electron chi connectivity index (χ1n) is 9.83. The van der Waals surface area contributed by atoms with Crippen molar-refractivity contribution in [3.05, 3.63) is 39.6 Å². The SMILES string of the molecule is CCCc1nnc(SCC(=O)NC[C@@H](CCC)c2ccc(Cl)cc2Cl)n1CC(=O)O. The Hall–Kier alpha value is -1.77. The fourth-order valence-electron chi connectivity index (χ4n) is 3.10. The molecule has 0 saturated heterocycles. The highest BCUT2D eigenvalue weighted by Crippen LogP contribution is 2.30. The molecular formula is C20H26Cl2N4O3S. The number of aromatic nitrogens is 3. The van der Waals surface area contributed by atoms with E-state index in [4.69, 9.17) is 28.3 Å². The van der Waals surface area contributed by atoms with Gasteiger partial charge in [0.15, 0.2) is 5.16 Å². The molecule has 10 heteroatoms. The van der Waals surface area contributed by atoms with Gasteiger partial charge in [0.2, 0.25) is 5.91 Å². The van der Waals surface area contributed by atoms with Crippen LogP contribution in [0.2, 0.25) is 10.0 Å². The molecule has 0 saturated carbocycles. The third-order valence-corrected chi connectivity index (χ3v) is 6.01. The molecule has 0 aliphatic heterocycles. The van der Waals surface area contributed by atoms with Gasteiger partial charge in [-0.3, -0.25) is 14.2 Å². The average molecular weight is 473 g/mol. The molecule has 0 fully saturated rings. The van der Waals surface area contributed by atoms with Crippen LogP contribution in [0, 0.1) is 0 Å². The molecule has 0 spiro atoms. The fraction of sp³-hybridized carbons (Fsp3) is 0.500. The van der Waals surface area contributed by atoms with Gasteiger partial charge in [0, 0.05) is 28.9 Å². The van der Waals surface area contributed by atoms with Crippen LogP contribution in [0.5, 0.6) is 0 Å². The second-order valence-corrected chi connectivity index (χ2v) is 8.66. The molecule has 2 aromatic rings. The lowest BCUT2D eigenvalue weighted by molar-refractivity contribution is -0.137. The van der Waals surface area contributed by atoms with E-state index >= 15 is 0 Å². The molecule has 1 atom stereocenters. The predicted octanol–water partition coefficient (Wildman–Crippen LogP) is 4.41. The minimum atomic E-state index is -0.972. The fourth-order valence-corrected chi connectivity index (χ4v) is 4.44. The molecule has 1 heterocycles. The lowest BCUT2D eigenvalue weighted by atomic mass is 9.94. The first-order chi connectivity index (χ1) is 14.3. The number of hydrogen-bond donors (Lipinski definition) is 2.